The molecule has 10 heteroatoms. The fourth-order valence-electron chi connectivity index (χ4n) is 7.71. The summed E-state index contributed by atoms with van der Waals surface area (Å²) in [6.45, 7) is 1.80. The number of aliphatic hydroxyl groups excluding tert-OH is 1. The topological polar surface area (TPSA) is 112 Å². The van der Waals surface area contributed by atoms with E-state index in [9.17, 15) is 9.90 Å². The van der Waals surface area contributed by atoms with E-state index in [0.717, 1.165) is 37.2 Å². The first-order valence-corrected chi connectivity index (χ1v) is 14.5. The number of H-pyrrole nitrogens is 1. The van der Waals surface area contributed by atoms with Gasteiger partial charge in [-0.15, -0.1) is 0 Å². The lowest BCUT2D eigenvalue weighted by Crippen LogP contribution is -2.57. The molecule has 0 amide bonds. The molecule has 6 rings (SSSR count). The number of hydrogen-bond acceptors (Lipinski definition) is 9. The van der Waals surface area contributed by atoms with Crippen LogP contribution < -0.4 is 18.9 Å². The number of methoxy groups -OCH3 is 5. The summed E-state index contributed by atoms with van der Waals surface area (Å²) < 4.78 is 33.8. The zero-order chi connectivity index (χ0) is 29.5. The number of aromatic nitrogens is 1. The van der Waals surface area contributed by atoms with Gasteiger partial charge in [0.05, 0.1) is 46.1 Å². The Labute approximate surface area is 245 Å². The Morgan fingerprint density at radius 1 is 1.00 bits per heavy atom. The number of ether oxygens (including phenoxy) is 6. The average molecular weight is 581 g/mol. The highest BCUT2D eigenvalue weighted by Crippen LogP contribution is 2.50. The summed E-state index contributed by atoms with van der Waals surface area (Å²) in [4.78, 5) is 19.7. The molecule has 1 aliphatic carbocycles. The molecule has 2 aliphatic heterocycles. The van der Waals surface area contributed by atoms with Crippen molar-refractivity contribution < 1.29 is 38.3 Å². The van der Waals surface area contributed by atoms with Crippen molar-refractivity contribution in [1.82, 2.24) is 9.88 Å². The highest BCUT2D eigenvalue weighted by atomic mass is 16.6. The molecule has 10 nitrogen and oxygen atoms in total. The number of carbonyl (C=O) groups is 1. The normalized spacial score (nSPS) is 27.0. The van der Waals surface area contributed by atoms with Crippen molar-refractivity contribution in [2.45, 2.75) is 37.5 Å². The summed E-state index contributed by atoms with van der Waals surface area (Å²) in [5.41, 5.74) is 4.04. The number of nitrogens with zero attached hydrogens (tertiary/aromatic N) is 1. The van der Waals surface area contributed by atoms with Gasteiger partial charge in [0.2, 0.25) is 5.75 Å². The lowest BCUT2D eigenvalue weighted by Gasteiger charge is -2.53. The van der Waals surface area contributed by atoms with E-state index < -0.39 is 18.2 Å². The van der Waals surface area contributed by atoms with Crippen LogP contribution in [0.1, 0.15) is 40.5 Å². The highest BCUT2D eigenvalue weighted by molar-refractivity contribution is 5.91. The van der Waals surface area contributed by atoms with Crippen molar-refractivity contribution in [1.29, 1.82) is 0 Å². The third kappa shape index (κ3) is 4.75. The lowest BCUT2D eigenvalue weighted by molar-refractivity contribution is -0.145. The molecule has 2 fully saturated rings. The lowest BCUT2D eigenvalue weighted by atomic mass is 9.64. The van der Waals surface area contributed by atoms with Crippen molar-refractivity contribution in [3.8, 4) is 23.0 Å². The van der Waals surface area contributed by atoms with Gasteiger partial charge < -0.3 is 38.5 Å². The van der Waals surface area contributed by atoms with Crippen LogP contribution in [-0.2, 0) is 15.9 Å². The van der Waals surface area contributed by atoms with Crippen molar-refractivity contribution in [3.63, 3.8) is 0 Å². The molecule has 1 saturated carbocycles. The maximum absolute atomic E-state index is 13.4. The molecule has 1 saturated heterocycles. The molecule has 6 atom stereocenters. The predicted octanol–water partition coefficient (Wildman–Crippen LogP) is 3.99. The summed E-state index contributed by atoms with van der Waals surface area (Å²) in [6, 6.07) is 9.65. The second-order valence-electron chi connectivity index (χ2n) is 11.5. The van der Waals surface area contributed by atoms with Crippen molar-refractivity contribution in [2.75, 3.05) is 55.2 Å². The molecular weight excluding hydrogens is 540 g/mol. The number of nitrogens with one attached hydrogen (secondary N) is 1. The van der Waals surface area contributed by atoms with E-state index >= 15 is 0 Å². The number of fused-ring (bicyclic) bond motifs is 6. The zero-order valence-corrected chi connectivity index (χ0v) is 24.8. The minimum Gasteiger partial charge on any atom is -0.497 e. The van der Waals surface area contributed by atoms with Gasteiger partial charge in [-0.2, -0.15) is 0 Å². The Morgan fingerprint density at radius 2 is 1.76 bits per heavy atom. The van der Waals surface area contributed by atoms with Crippen molar-refractivity contribution >= 4 is 16.9 Å². The van der Waals surface area contributed by atoms with Gasteiger partial charge in [-0.3, -0.25) is 4.90 Å². The molecule has 2 aromatic carbocycles. The highest BCUT2D eigenvalue weighted by Gasteiger charge is 2.51. The first-order chi connectivity index (χ1) is 20.4. The third-order valence-electron chi connectivity index (χ3n) is 9.65. The zero-order valence-electron chi connectivity index (χ0n) is 24.8. The van der Waals surface area contributed by atoms with Gasteiger partial charge in [0, 0.05) is 55.4 Å². The maximum Gasteiger partial charge on any atom is 0.338 e. The van der Waals surface area contributed by atoms with Gasteiger partial charge in [-0.25, -0.2) is 4.79 Å². The first-order valence-electron chi connectivity index (χ1n) is 14.5. The van der Waals surface area contributed by atoms with E-state index in [0.29, 0.717) is 29.2 Å². The predicted molar refractivity (Wildman–Crippen MR) is 156 cm³/mol. The van der Waals surface area contributed by atoms with E-state index in [1.807, 2.05) is 6.07 Å². The van der Waals surface area contributed by atoms with E-state index in [1.54, 1.807) is 26.4 Å². The smallest absolute Gasteiger partial charge is 0.338 e. The van der Waals surface area contributed by atoms with Gasteiger partial charge >= 0.3 is 5.97 Å². The number of benzene rings is 2. The second kappa shape index (κ2) is 11.7. The van der Waals surface area contributed by atoms with Gasteiger partial charge in [0.1, 0.15) is 11.9 Å². The summed E-state index contributed by atoms with van der Waals surface area (Å²) in [7, 11) is 7.85. The van der Waals surface area contributed by atoms with Crippen molar-refractivity contribution in [3.05, 3.63) is 47.2 Å². The molecule has 0 unspecified atom stereocenters. The maximum atomic E-state index is 13.4. The molecule has 3 aromatic rings. The van der Waals surface area contributed by atoms with Gasteiger partial charge in [0.15, 0.2) is 11.5 Å². The van der Waals surface area contributed by atoms with Gasteiger partial charge in [0.25, 0.3) is 0 Å². The van der Waals surface area contributed by atoms with E-state index in [2.05, 4.69) is 22.0 Å². The van der Waals surface area contributed by atoms with Gasteiger partial charge in [-0.1, -0.05) is 0 Å². The van der Waals surface area contributed by atoms with E-state index in [4.69, 9.17) is 28.4 Å². The molecule has 3 heterocycles. The largest absolute Gasteiger partial charge is 0.497 e. The fraction of sp³-hybridized carbons (Fsp3) is 0.531. The number of carbonyl (C=O) groups excluding carboxylic acids is 1. The molecule has 1 aromatic heterocycles. The summed E-state index contributed by atoms with van der Waals surface area (Å²) in [5.74, 6) is 1.82. The molecule has 0 radical (unpaired) electrons. The van der Waals surface area contributed by atoms with Crippen LogP contribution in [0.3, 0.4) is 0 Å². The monoisotopic (exact) mass is 580 g/mol. The summed E-state index contributed by atoms with van der Waals surface area (Å²) in [5, 5.41) is 11.9. The van der Waals surface area contributed by atoms with Gasteiger partial charge in [-0.05, 0) is 60.9 Å². The fourth-order valence-corrected chi connectivity index (χ4v) is 7.71. The third-order valence-corrected chi connectivity index (χ3v) is 9.65. The molecule has 42 heavy (non-hydrogen) atoms. The molecule has 226 valence electrons. The molecular formula is C32H40N2O8. The van der Waals surface area contributed by atoms with Crippen LogP contribution in [0.4, 0.5) is 0 Å². The van der Waals surface area contributed by atoms with Crippen LogP contribution in [0.25, 0.3) is 10.9 Å². The Balaban J connectivity index is 1.25. The number of aromatic amines is 1. The number of hydrogen-bond donors (Lipinski definition) is 2. The number of aliphatic hydroxyl groups is 1. The molecule has 2 N–H and O–H groups in total. The first kappa shape index (κ1) is 28.6. The van der Waals surface area contributed by atoms with Crippen LogP contribution >= 0.6 is 0 Å². The minimum atomic E-state index is -0.502. The molecule has 3 aliphatic rings. The SMILES string of the molecule is COc1ccc2c3c([nH]c2c1)[C@H]1C[C@H]2[C@H](C[C@@H](OC(=O)c4cc(OC)c(OC)c(OC)c4)[C@H](OC)[C@H]2CO)CN1CC3. The van der Waals surface area contributed by atoms with Crippen LogP contribution in [-0.4, -0.2) is 88.4 Å². The van der Waals surface area contributed by atoms with E-state index in [1.165, 1.54) is 38.0 Å². The summed E-state index contributed by atoms with van der Waals surface area (Å²) in [6.07, 6.45) is 1.61. The van der Waals surface area contributed by atoms with E-state index in [-0.39, 0.29) is 30.4 Å². The van der Waals surface area contributed by atoms with Crippen LogP contribution in [0, 0.1) is 17.8 Å². The van der Waals surface area contributed by atoms with Crippen LogP contribution in [0.15, 0.2) is 30.3 Å². The van der Waals surface area contributed by atoms with Crippen LogP contribution in [0.2, 0.25) is 0 Å². The second-order valence-corrected chi connectivity index (χ2v) is 11.5. The quantitative estimate of drug-likeness (QED) is 0.382. The molecule has 0 spiro atoms. The minimum absolute atomic E-state index is 0.0403. The Morgan fingerprint density at radius 3 is 2.40 bits per heavy atom. The number of rotatable bonds is 8. The van der Waals surface area contributed by atoms with Crippen LogP contribution in [0.5, 0.6) is 23.0 Å². The van der Waals surface area contributed by atoms with Crippen molar-refractivity contribution in [2.24, 2.45) is 17.8 Å². The average Bonchev–Trinajstić information content (AvgIpc) is 3.40. The molecule has 0 bridgehead atoms. The number of esters is 1. The standard InChI is InChI=1S/C32H40N2O8/c1-37-19-6-7-20-21-8-9-34-15-18-12-28(42-32(36)17-10-26(38-2)31(41-5)27(11-17)39-3)30(40-4)23(16-35)22(18)14-25(34)29(21)33-24(20)13-19/h6-7,10-11,13,18,22-23,25,28,30,33,35H,8-9,12,14-16H2,1-5H3/t18-,22+,23+,25-,28-,30-/m1/s1. The Hall–Kier alpha value is -3.47. The Bertz CT molecular complexity index is 1430. The summed E-state index contributed by atoms with van der Waals surface area (Å²) >= 11 is 0. The Kier molecular flexibility index (Phi) is 7.95. The number of piperidine rings is 1.